The van der Waals surface area contributed by atoms with Crippen LogP contribution < -0.4 is 26.6 Å². The maximum Gasteiger partial charge on any atom is 0.330 e. The highest BCUT2D eigenvalue weighted by molar-refractivity contribution is 6.05. The molecule has 3 aromatic rings. The van der Waals surface area contributed by atoms with E-state index in [2.05, 4.69) is 4.98 Å². The molecule has 0 unspecified atom stereocenters. The van der Waals surface area contributed by atoms with Crippen molar-refractivity contribution in [3.05, 3.63) is 68.9 Å². The molecule has 0 bridgehead atoms. The average molecular weight is 467 g/mol. The van der Waals surface area contributed by atoms with Crippen LogP contribution in [0.1, 0.15) is 19.4 Å². The molecule has 0 saturated heterocycles. The molecule has 3 rings (SSSR count). The zero-order valence-electron chi connectivity index (χ0n) is 19.8. The molecule has 0 spiro atoms. The summed E-state index contributed by atoms with van der Waals surface area (Å²) in [4.78, 5) is 41.6. The number of nitrogens with zero attached hydrogens (tertiary/aromatic N) is 2. The third kappa shape index (κ3) is 5.55. The zero-order valence-corrected chi connectivity index (χ0v) is 19.8. The van der Waals surface area contributed by atoms with E-state index >= 15 is 0 Å². The van der Waals surface area contributed by atoms with Crippen LogP contribution in [0, 0.1) is 5.92 Å². The molecule has 0 aliphatic heterocycles. The van der Waals surface area contributed by atoms with Crippen LogP contribution in [0.2, 0.25) is 0 Å². The number of fused-ring (bicyclic) bond motifs is 1. The molecule has 9 nitrogen and oxygen atoms in total. The molecule has 1 amide bonds. The fraction of sp³-hybridized carbons (Fsp3) is 0.320. The molecule has 0 aliphatic rings. The summed E-state index contributed by atoms with van der Waals surface area (Å²) in [6, 6.07) is 11.5. The first-order chi connectivity index (χ1) is 16.2. The van der Waals surface area contributed by atoms with Crippen molar-refractivity contribution in [1.82, 2.24) is 9.55 Å². The van der Waals surface area contributed by atoms with Crippen molar-refractivity contribution < 1.29 is 14.3 Å². The van der Waals surface area contributed by atoms with Crippen LogP contribution in [-0.2, 0) is 16.1 Å². The number of ether oxygens (including phenoxy) is 2. The minimum absolute atomic E-state index is 0.0556. The van der Waals surface area contributed by atoms with Crippen molar-refractivity contribution in [2.45, 2.75) is 20.4 Å². The Morgan fingerprint density at radius 1 is 1.15 bits per heavy atom. The summed E-state index contributed by atoms with van der Waals surface area (Å²) in [6.45, 7) is 4.42. The van der Waals surface area contributed by atoms with Gasteiger partial charge in [0.15, 0.2) is 5.69 Å². The van der Waals surface area contributed by atoms with Crippen molar-refractivity contribution in [3.63, 3.8) is 0 Å². The maximum atomic E-state index is 13.2. The van der Waals surface area contributed by atoms with Crippen molar-refractivity contribution in [2.24, 2.45) is 5.92 Å². The number of H-pyrrole nitrogens is 1. The largest absolute Gasteiger partial charge is 0.497 e. The van der Waals surface area contributed by atoms with Gasteiger partial charge in [0, 0.05) is 26.3 Å². The zero-order chi connectivity index (χ0) is 24.8. The van der Waals surface area contributed by atoms with Crippen LogP contribution in [0.15, 0.2) is 52.1 Å². The SMILES string of the molecule is COCCN(C(=O)/C=C/c1ccc2cc(OC)ccc2c1)c1c(N)n(CC(C)C)c(=O)[nH]c1=O. The van der Waals surface area contributed by atoms with Gasteiger partial charge in [-0.15, -0.1) is 0 Å². The molecule has 3 N–H and O–H groups in total. The lowest BCUT2D eigenvalue weighted by molar-refractivity contribution is -0.114. The lowest BCUT2D eigenvalue weighted by Gasteiger charge is -2.23. The number of methoxy groups -OCH3 is 2. The summed E-state index contributed by atoms with van der Waals surface area (Å²) in [5.74, 6) is 0.356. The molecule has 0 radical (unpaired) electrons. The highest BCUT2D eigenvalue weighted by Crippen LogP contribution is 2.23. The Labute approximate surface area is 197 Å². The number of aromatic amines is 1. The predicted molar refractivity (Wildman–Crippen MR) is 134 cm³/mol. The van der Waals surface area contributed by atoms with E-state index in [0.717, 1.165) is 22.1 Å². The van der Waals surface area contributed by atoms with Crippen molar-refractivity contribution in [1.29, 1.82) is 0 Å². The number of carbonyl (C=O) groups excluding carboxylic acids is 1. The van der Waals surface area contributed by atoms with Gasteiger partial charge in [0.2, 0.25) is 0 Å². The quantitative estimate of drug-likeness (QED) is 0.468. The third-order valence-electron chi connectivity index (χ3n) is 5.31. The molecule has 1 aromatic heterocycles. The number of amides is 1. The minimum atomic E-state index is -0.722. The van der Waals surface area contributed by atoms with Crippen molar-refractivity contribution in [3.8, 4) is 5.75 Å². The normalized spacial score (nSPS) is 11.4. The fourth-order valence-electron chi connectivity index (χ4n) is 3.63. The molecule has 0 fully saturated rings. The van der Waals surface area contributed by atoms with Gasteiger partial charge in [-0.05, 0) is 46.5 Å². The highest BCUT2D eigenvalue weighted by Gasteiger charge is 2.23. The van der Waals surface area contributed by atoms with Gasteiger partial charge in [0.25, 0.3) is 11.5 Å². The van der Waals surface area contributed by atoms with Gasteiger partial charge in [0.05, 0.1) is 13.7 Å². The van der Waals surface area contributed by atoms with Crippen LogP contribution in [0.3, 0.4) is 0 Å². The van der Waals surface area contributed by atoms with Crippen LogP contribution in [0.25, 0.3) is 16.8 Å². The second-order valence-electron chi connectivity index (χ2n) is 8.29. The van der Waals surface area contributed by atoms with E-state index in [1.807, 2.05) is 50.2 Å². The highest BCUT2D eigenvalue weighted by atomic mass is 16.5. The fourth-order valence-corrected chi connectivity index (χ4v) is 3.63. The molecule has 2 aromatic carbocycles. The summed E-state index contributed by atoms with van der Waals surface area (Å²) in [7, 11) is 3.11. The van der Waals surface area contributed by atoms with Gasteiger partial charge in [-0.1, -0.05) is 32.0 Å². The van der Waals surface area contributed by atoms with E-state index in [-0.39, 0.29) is 30.6 Å². The molecule has 0 atom stereocenters. The topological polar surface area (TPSA) is 120 Å². The predicted octanol–water partition coefficient (Wildman–Crippen LogP) is 2.63. The van der Waals surface area contributed by atoms with Gasteiger partial charge in [-0.2, -0.15) is 0 Å². The molecule has 0 saturated carbocycles. The number of aromatic nitrogens is 2. The summed E-state index contributed by atoms with van der Waals surface area (Å²) in [5, 5.41) is 2.00. The van der Waals surface area contributed by atoms with E-state index in [1.54, 1.807) is 13.2 Å². The monoisotopic (exact) mass is 466 g/mol. The number of benzene rings is 2. The molecule has 180 valence electrons. The first kappa shape index (κ1) is 24.8. The Kier molecular flexibility index (Phi) is 7.91. The van der Waals surface area contributed by atoms with Crippen LogP contribution in [0.5, 0.6) is 5.75 Å². The Morgan fingerprint density at radius 3 is 2.53 bits per heavy atom. The maximum absolute atomic E-state index is 13.2. The van der Waals surface area contributed by atoms with Crippen LogP contribution in [0.4, 0.5) is 11.5 Å². The number of carbonyl (C=O) groups is 1. The van der Waals surface area contributed by atoms with E-state index in [4.69, 9.17) is 15.2 Å². The van der Waals surface area contributed by atoms with Gasteiger partial charge in [0.1, 0.15) is 11.6 Å². The van der Waals surface area contributed by atoms with E-state index in [1.165, 1.54) is 22.7 Å². The van der Waals surface area contributed by atoms with E-state index in [9.17, 15) is 14.4 Å². The van der Waals surface area contributed by atoms with Crippen molar-refractivity contribution >= 4 is 34.3 Å². The molecule has 1 heterocycles. The molecular weight excluding hydrogens is 436 g/mol. The van der Waals surface area contributed by atoms with Gasteiger partial charge < -0.3 is 15.2 Å². The second kappa shape index (κ2) is 10.8. The Balaban J connectivity index is 1.96. The number of hydrogen-bond donors (Lipinski definition) is 2. The van der Waals surface area contributed by atoms with Crippen LogP contribution >= 0.6 is 0 Å². The van der Waals surface area contributed by atoms with Gasteiger partial charge in [-0.25, -0.2) is 4.79 Å². The number of anilines is 2. The molecule has 0 aliphatic carbocycles. The molecule has 9 heteroatoms. The second-order valence-corrected chi connectivity index (χ2v) is 8.29. The number of nitrogens with two attached hydrogens (primary N) is 1. The van der Waals surface area contributed by atoms with Gasteiger partial charge >= 0.3 is 5.69 Å². The first-order valence-electron chi connectivity index (χ1n) is 10.9. The Hall–Kier alpha value is -3.85. The van der Waals surface area contributed by atoms with Gasteiger partial charge in [-0.3, -0.25) is 24.0 Å². The summed E-state index contributed by atoms with van der Waals surface area (Å²) < 4.78 is 11.7. The summed E-state index contributed by atoms with van der Waals surface area (Å²) in [5.41, 5.74) is 5.62. The standard InChI is InChI=1S/C25H30N4O5/c1-16(2)15-29-23(26)22(24(31)27-25(29)32)28(11-12-33-3)21(30)10-6-17-5-7-19-14-20(34-4)9-8-18(19)13-17/h5-10,13-14,16H,11-12,15,26H2,1-4H3,(H,27,31,32)/b10-6+. The smallest absolute Gasteiger partial charge is 0.330 e. The average Bonchev–Trinajstić information content (AvgIpc) is 2.81. The minimum Gasteiger partial charge on any atom is -0.497 e. The summed E-state index contributed by atoms with van der Waals surface area (Å²) >= 11 is 0. The lowest BCUT2D eigenvalue weighted by Crippen LogP contribution is -2.42. The Morgan fingerprint density at radius 2 is 1.85 bits per heavy atom. The molecular formula is C25H30N4O5. The summed E-state index contributed by atoms with van der Waals surface area (Å²) in [6.07, 6.45) is 3.04. The first-order valence-corrected chi connectivity index (χ1v) is 10.9. The Bertz CT molecular complexity index is 1320. The number of hydrogen-bond acceptors (Lipinski definition) is 6. The van der Waals surface area contributed by atoms with E-state index in [0.29, 0.717) is 6.54 Å². The van der Waals surface area contributed by atoms with Crippen molar-refractivity contribution in [2.75, 3.05) is 38.0 Å². The number of nitrogen functional groups attached to an aromatic ring is 1. The van der Waals surface area contributed by atoms with Crippen LogP contribution in [-0.4, -0.2) is 42.8 Å². The molecule has 34 heavy (non-hydrogen) atoms. The number of rotatable bonds is 9. The lowest BCUT2D eigenvalue weighted by atomic mass is 10.1. The number of nitrogens with one attached hydrogen (secondary N) is 1. The van der Waals surface area contributed by atoms with E-state index < -0.39 is 17.2 Å². The third-order valence-corrected chi connectivity index (χ3v) is 5.31.